The van der Waals surface area contributed by atoms with E-state index in [1.54, 1.807) is 0 Å². The molecule has 4 heteroatoms. The second kappa shape index (κ2) is 6.94. The van der Waals surface area contributed by atoms with Gasteiger partial charge in [0, 0.05) is 0 Å². The Bertz CT molecular complexity index is 220. The number of para-hydroxylation sites is 1. The van der Waals surface area contributed by atoms with Crippen LogP contribution < -0.4 is 0 Å². The van der Waals surface area contributed by atoms with Gasteiger partial charge in [0.2, 0.25) is 0 Å². The number of hydrogen-bond donors (Lipinski definition) is 1. The molecule has 0 aliphatic carbocycles. The zero-order valence-electron chi connectivity index (χ0n) is 6.94. The SMILES string of the molecule is Cc1cccc(C)c1O.[Cl][Zr][Cl]. The van der Waals surface area contributed by atoms with Crippen LogP contribution in [0.25, 0.3) is 0 Å². The van der Waals surface area contributed by atoms with E-state index in [1.165, 1.54) is 0 Å². The second-order valence-electron chi connectivity index (χ2n) is 2.31. The third-order valence-electron chi connectivity index (χ3n) is 1.44. The Labute approximate surface area is 91.4 Å². The minimum absolute atomic E-state index is 0.414. The van der Waals surface area contributed by atoms with Crippen molar-refractivity contribution >= 4 is 17.0 Å². The number of rotatable bonds is 0. The van der Waals surface area contributed by atoms with Crippen LogP contribution in [0.3, 0.4) is 0 Å². The van der Waals surface area contributed by atoms with Gasteiger partial charge in [-0.2, -0.15) is 0 Å². The van der Waals surface area contributed by atoms with Crippen molar-refractivity contribution < 1.29 is 26.0 Å². The van der Waals surface area contributed by atoms with Crippen LogP contribution in [0.5, 0.6) is 5.75 Å². The summed E-state index contributed by atoms with van der Waals surface area (Å²) < 4.78 is 0. The maximum absolute atomic E-state index is 9.21. The molecule has 66 valence electrons. The molecule has 0 aromatic heterocycles. The molecule has 1 aromatic carbocycles. The molecule has 0 amide bonds. The van der Waals surface area contributed by atoms with Gasteiger partial charge < -0.3 is 5.11 Å². The summed E-state index contributed by atoms with van der Waals surface area (Å²) in [4.78, 5) is 0. The molecule has 0 saturated carbocycles. The Balaban J connectivity index is 0.000000354. The van der Waals surface area contributed by atoms with Crippen LogP contribution >= 0.6 is 17.0 Å². The molecule has 0 aliphatic heterocycles. The van der Waals surface area contributed by atoms with Crippen LogP contribution in [0.4, 0.5) is 0 Å². The summed E-state index contributed by atoms with van der Waals surface area (Å²) in [6.45, 7) is 3.78. The van der Waals surface area contributed by atoms with Gasteiger partial charge in [-0.25, -0.2) is 0 Å². The second-order valence-corrected chi connectivity index (χ2v) is 6.04. The Morgan fingerprint density at radius 3 is 1.75 bits per heavy atom. The van der Waals surface area contributed by atoms with Crippen molar-refractivity contribution in [2.45, 2.75) is 13.8 Å². The summed E-state index contributed by atoms with van der Waals surface area (Å²) in [6, 6.07) is 5.72. The van der Waals surface area contributed by atoms with Crippen LogP contribution in [0.1, 0.15) is 11.1 Å². The van der Waals surface area contributed by atoms with Gasteiger partial charge in [0.15, 0.2) is 0 Å². The van der Waals surface area contributed by atoms with E-state index in [2.05, 4.69) is 0 Å². The van der Waals surface area contributed by atoms with Gasteiger partial charge in [-0.05, 0) is 25.0 Å². The van der Waals surface area contributed by atoms with Gasteiger partial charge in [-0.1, -0.05) is 18.2 Å². The van der Waals surface area contributed by atoms with Crippen molar-refractivity contribution in [3.8, 4) is 5.75 Å². The number of aromatic hydroxyl groups is 1. The first-order valence-corrected chi connectivity index (χ1v) is 9.68. The molecule has 0 fully saturated rings. The Morgan fingerprint density at radius 2 is 1.50 bits per heavy atom. The molecule has 0 heterocycles. The van der Waals surface area contributed by atoms with E-state index < -0.39 is 20.8 Å². The average molecular weight is 284 g/mol. The Hall–Kier alpha value is 0.483. The molecule has 0 spiro atoms. The molecular weight excluding hydrogens is 274 g/mol. The van der Waals surface area contributed by atoms with E-state index in [-0.39, 0.29) is 0 Å². The van der Waals surface area contributed by atoms with Gasteiger partial charge in [0.1, 0.15) is 5.75 Å². The minimum atomic E-state index is -0.826. The van der Waals surface area contributed by atoms with E-state index in [9.17, 15) is 5.11 Å². The molecule has 12 heavy (non-hydrogen) atoms. The van der Waals surface area contributed by atoms with Gasteiger partial charge >= 0.3 is 37.9 Å². The zero-order valence-corrected chi connectivity index (χ0v) is 10.9. The molecule has 1 nitrogen and oxygen atoms in total. The maximum atomic E-state index is 9.21. The fourth-order valence-corrected chi connectivity index (χ4v) is 0.806. The fraction of sp³-hybridized carbons (Fsp3) is 0.250. The quantitative estimate of drug-likeness (QED) is 0.774. The summed E-state index contributed by atoms with van der Waals surface area (Å²) in [7, 11) is 9.87. The van der Waals surface area contributed by atoms with Crippen molar-refractivity contribution in [1.29, 1.82) is 0 Å². The molecule has 1 N–H and O–H groups in total. The molecule has 1 rings (SSSR count). The predicted molar refractivity (Wildman–Crippen MR) is 49.3 cm³/mol. The number of hydrogen-bond acceptors (Lipinski definition) is 1. The summed E-state index contributed by atoms with van der Waals surface area (Å²) in [6.07, 6.45) is 0. The van der Waals surface area contributed by atoms with Crippen molar-refractivity contribution in [2.75, 3.05) is 0 Å². The van der Waals surface area contributed by atoms with E-state index in [4.69, 9.17) is 17.0 Å². The molecule has 1 aromatic rings. The third kappa shape index (κ3) is 4.49. The Kier molecular flexibility index (Phi) is 7.22. The molecule has 0 unspecified atom stereocenters. The van der Waals surface area contributed by atoms with Crippen molar-refractivity contribution in [1.82, 2.24) is 0 Å². The molecule has 0 saturated heterocycles. The van der Waals surface area contributed by atoms with Crippen molar-refractivity contribution in [3.05, 3.63) is 29.3 Å². The molecule has 0 bridgehead atoms. The number of phenols is 1. The van der Waals surface area contributed by atoms with Crippen LogP contribution in [-0.2, 0) is 20.8 Å². The first kappa shape index (κ1) is 12.5. The van der Waals surface area contributed by atoms with Crippen LogP contribution in [0.2, 0.25) is 0 Å². The number of aryl methyl sites for hydroxylation is 2. The van der Waals surface area contributed by atoms with Crippen LogP contribution in [-0.4, -0.2) is 5.11 Å². The fourth-order valence-electron chi connectivity index (χ4n) is 0.806. The van der Waals surface area contributed by atoms with Gasteiger partial charge in [0.25, 0.3) is 0 Å². The van der Waals surface area contributed by atoms with E-state index in [0.717, 1.165) is 11.1 Å². The van der Waals surface area contributed by atoms with Crippen LogP contribution in [0, 0.1) is 13.8 Å². The summed E-state index contributed by atoms with van der Waals surface area (Å²) in [5.41, 5.74) is 1.88. The topological polar surface area (TPSA) is 20.2 Å². The molecule has 0 atom stereocenters. The molecule has 0 radical (unpaired) electrons. The van der Waals surface area contributed by atoms with E-state index in [1.807, 2.05) is 32.0 Å². The molecule has 0 aliphatic rings. The standard InChI is InChI=1S/C8H10O.2ClH.Zr/c1-6-4-3-5-7(2)8(6)9;;;/h3-5,9H,1-2H3;2*1H;/q;;;+2/p-2. The van der Waals surface area contributed by atoms with Gasteiger partial charge in [-0.15, -0.1) is 0 Å². The zero-order chi connectivity index (χ0) is 9.56. The Morgan fingerprint density at radius 1 is 1.17 bits per heavy atom. The third-order valence-corrected chi connectivity index (χ3v) is 1.44. The summed E-state index contributed by atoms with van der Waals surface area (Å²) >= 11 is -0.826. The monoisotopic (exact) mass is 282 g/mol. The van der Waals surface area contributed by atoms with E-state index in [0.29, 0.717) is 5.75 Å². The summed E-state index contributed by atoms with van der Waals surface area (Å²) in [5.74, 6) is 0.414. The van der Waals surface area contributed by atoms with Gasteiger partial charge in [-0.3, -0.25) is 0 Å². The van der Waals surface area contributed by atoms with Crippen molar-refractivity contribution in [3.63, 3.8) is 0 Å². The summed E-state index contributed by atoms with van der Waals surface area (Å²) in [5, 5.41) is 9.21. The predicted octanol–water partition coefficient (Wildman–Crippen LogP) is 3.39. The van der Waals surface area contributed by atoms with Crippen LogP contribution in [0.15, 0.2) is 18.2 Å². The number of benzene rings is 1. The normalized spacial score (nSPS) is 8.33. The van der Waals surface area contributed by atoms with Gasteiger partial charge in [0.05, 0.1) is 0 Å². The first-order valence-electron chi connectivity index (χ1n) is 3.35. The first-order chi connectivity index (χ1) is 5.63. The number of halogens is 2. The average Bonchev–Trinajstić information content (AvgIpc) is 2.02. The molecular formula is C8H10Cl2OZr. The number of phenolic OH excluding ortho intramolecular Hbond substituents is 1. The van der Waals surface area contributed by atoms with E-state index >= 15 is 0 Å². The van der Waals surface area contributed by atoms with Crippen molar-refractivity contribution in [2.24, 2.45) is 0 Å².